The summed E-state index contributed by atoms with van der Waals surface area (Å²) >= 11 is 0. The molecule has 1 saturated heterocycles. The minimum absolute atomic E-state index is 0.0115. The zero-order valence-corrected chi connectivity index (χ0v) is 12.0. The fourth-order valence-electron chi connectivity index (χ4n) is 2.37. The van der Waals surface area contributed by atoms with Crippen LogP contribution in [0, 0.1) is 0 Å². The second kappa shape index (κ2) is 6.23. The molecular formula is C13H22N4O3. The van der Waals surface area contributed by atoms with Crippen LogP contribution in [-0.2, 0) is 9.53 Å². The lowest BCUT2D eigenvalue weighted by Gasteiger charge is -2.28. The lowest BCUT2D eigenvalue weighted by atomic mass is 10.0. The van der Waals surface area contributed by atoms with Gasteiger partial charge in [-0.2, -0.15) is 0 Å². The van der Waals surface area contributed by atoms with Crippen LogP contribution in [0.1, 0.15) is 20.3 Å². The van der Waals surface area contributed by atoms with E-state index in [1.807, 2.05) is 0 Å². The molecule has 7 nitrogen and oxygen atoms in total. The number of carbonyl (C=O) groups is 2. The summed E-state index contributed by atoms with van der Waals surface area (Å²) in [6.07, 6.45) is 1.02. The maximum Gasteiger partial charge on any atom is 0.337 e. The molecule has 0 bridgehead atoms. The molecule has 0 aromatic rings. The standard InChI is InChI=1S/C13H22N4O3/c1-3-20-11(18)9-6-15-12(19)17-10(9)7-16-13(2)4-5-14-8-13/h14,16H,3-8H2,1-2H3,(H2,15,17,19). The van der Waals surface area contributed by atoms with Gasteiger partial charge in [-0.05, 0) is 26.8 Å². The first-order chi connectivity index (χ1) is 9.54. The van der Waals surface area contributed by atoms with Crippen molar-refractivity contribution in [3.8, 4) is 0 Å². The summed E-state index contributed by atoms with van der Waals surface area (Å²) in [5.41, 5.74) is 1.07. The van der Waals surface area contributed by atoms with E-state index in [0.29, 0.717) is 24.4 Å². The highest BCUT2D eigenvalue weighted by atomic mass is 16.5. The Morgan fingerprint density at radius 1 is 1.50 bits per heavy atom. The SMILES string of the molecule is CCOC(=O)C1=C(CNC2(C)CCNC2)NC(=O)NC1. The van der Waals surface area contributed by atoms with Crippen LogP contribution >= 0.6 is 0 Å². The van der Waals surface area contributed by atoms with E-state index in [1.165, 1.54) is 0 Å². The van der Waals surface area contributed by atoms with Gasteiger partial charge in [0.1, 0.15) is 0 Å². The van der Waals surface area contributed by atoms with Gasteiger partial charge in [-0.15, -0.1) is 0 Å². The molecule has 2 heterocycles. The minimum atomic E-state index is -0.383. The van der Waals surface area contributed by atoms with E-state index < -0.39 is 0 Å². The number of esters is 1. The third-order valence-corrected chi connectivity index (χ3v) is 3.64. The summed E-state index contributed by atoms with van der Waals surface area (Å²) in [6, 6.07) is -0.287. The average molecular weight is 282 g/mol. The van der Waals surface area contributed by atoms with Crippen molar-refractivity contribution in [1.82, 2.24) is 21.3 Å². The third-order valence-electron chi connectivity index (χ3n) is 3.64. The van der Waals surface area contributed by atoms with Crippen molar-refractivity contribution in [2.75, 3.05) is 32.8 Å². The smallest absolute Gasteiger partial charge is 0.337 e. The van der Waals surface area contributed by atoms with E-state index in [1.54, 1.807) is 6.92 Å². The third kappa shape index (κ3) is 3.49. The molecule has 2 rings (SSSR count). The summed E-state index contributed by atoms with van der Waals surface area (Å²) in [5, 5.41) is 12.0. The second-order valence-electron chi connectivity index (χ2n) is 5.33. The lowest BCUT2D eigenvalue weighted by Crippen LogP contribution is -2.50. The zero-order chi connectivity index (χ0) is 14.6. The van der Waals surface area contributed by atoms with Gasteiger partial charge in [0.05, 0.1) is 18.7 Å². The van der Waals surface area contributed by atoms with Crippen LogP contribution < -0.4 is 21.3 Å². The lowest BCUT2D eigenvalue weighted by molar-refractivity contribution is -0.138. The fourth-order valence-corrected chi connectivity index (χ4v) is 2.37. The number of urea groups is 1. The van der Waals surface area contributed by atoms with Gasteiger partial charge in [-0.3, -0.25) is 0 Å². The fraction of sp³-hybridized carbons (Fsp3) is 0.692. The molecule has 2 aliphatic heterocycles. The first-order valence-corrected chi connectivity index (χ1v) is 6.94. The molecule has 7 heteroatoms. The van der Waals surface area contributed by atoms with Crippen molar-refractivity contribution < 1.29 is 14.3 Å². The van der Waals surface area contributed by atoms with E-state index in [9.17, 15) is 9.59 Å². The summed E-state index contributed by atoms with van der Waals surface area (Å²) in [6.45, 7) is 6.70. The van der Waals surface area contributed by atoms with Crippen LogP contribution in [0.4, 0.5) is 4.79 Å². The quantitative estimate of drug-likeness (QED) is 0.508. The molecule has 1 fully saturated rings. The van der Waals surface area contributed by atoms with Gasteiger partial charge in [0, 0.05) is 24.3 Å². The number of amides is 2. The summed E-state index contributed by atoms with van der Waals surface area (Å²) in [4.78, 5) is 23.3. The highest BCUT2D eigenvalue weighted by Gasteiger charge is 2.30. The summed E-state index contributed by atoms with van der Waals surface area (Å²) < 4.78 is 5.02. The largest absolute Gasteiger partial charge is 0.463 e. The summed E-state index contributed by atoms with van der Waals surface area (Å²) in [7, 11) is 0. The van der Waals surface area contributed by atoms with Gasteiger partial charge < -0.3 is 26.0 Å². The molecule has 4 N–H and O–H groups in total. The molecule has 112 valence electrons. The number of rotatable bonds is 5. The van der Waals surface area contributed by atoms with Gasteiger partial charge in [-0.1, -0.05) is 0 Å². The van der Waals surface area contributed by atoms with Crippen molar-refractivity contribution >= 4 is 12.0 Å². The molecule has 0 radical (unpaired) electrons. The van der Waals surface area contributed by atoms with Crippen LogP contribution in [0.2, 0.25) is 0 Å². The molecule has 2 aliphatic rings. The topological polar surface area (TPSA) is 91.5 Å². The van der Waals surface area contributed by atoms with E-state index in [0.717, 1.165) is 19.5 Å². The van der Waals surface area contributed by atoms with Gasteiger partial charge in [0.25, 0.3) is 0 Å². The molecule has 20 heavy (non-hydrogen) atoms. The Morgan fingerprint density at radius 3 is 2.95 bits per heavy atom. The van der Waals surface area contributed by atoms with Gasteiger partial charge in [0.2, 0.25) is 0 Å². The molecule has 0 aromatic carbocycles. The number of nitrogens with one attached hydrogen (secondary N) is 4. The Balaban J connectivity index is 2.06. The molecule has 2 amide bonds. The Hall–Kier alpha value is -1.60. The molecule has 1 unspecified atom stereocenters. The highest BCUT2D eigenvalue weighted by molar-refractivity contribution is 5.93. The number of ether oxygens (including phenoxy) is 1. The minimum Gasteiger partial charge on any atom is -0.463 e. The Kier molecular flexibility index (Phi) is 4.61. The van der Waals surface area contributed by atoms with Crippen molar-refractivity contribution in [3.05, 3.63) is 11.3 Å². The average Bonchev–Trinajstić information content (AvgIpc) is 2.84. The maximum atomic E-state index is 11.9. The van der Waals surface area contributed by atoms with Crippen LogP contribution in [0.3, 0.4) is 0 Å². The molecule has 1 atom stereocenters. The molecule has 0 aliphatic carbocycles. The number of hydrogen-bond acceptors (Lipinski definition) is 5. The van der Waals surface area contributed by atoms with Crippen LogP contribution in [0.25, 0.3) is 0 Å². The predicted octanol–water partition coefficient (Wildman–Crippen LogP) is -0.542. The summed E-state index contributed by atoms with van der Waals surface area (Å²) in [5.74, 6) is -0.383. The van der Waals surface area contributed by atoms with Crippen molar-refractivity contribution in [3.63, 3.8) is 0 Å². The Morgan fingerprint density at radius 2 is 2.30 bits per heavy atom. The van der Waals surface area contributed by atoms with Crippen molar-refractivity contribution in [2.24, 2.45) is 0 Å². The first-order valence-electron chi connectivity index (χ1n) is 6.94. The van der Waals surface area contributed by atoms with Crippen molar-refractivity contribution in [1.29, 1.82) is 0 Å². The van der Waals surface area contributed by atoms with Crippen molar-refractivity contribution in [2.45, 2.75) is 25.8 Å². The highest BCUT2D eigenvalue weighted by Crippen LogP contribution is 2.15. The number of carbonyl (C=O) groups excluding carboxylic acids is 2. The Labute approximate surface area is 118 Å². The Bertz CT molecular complexity index is 427. The molecule has 0 saturated carbocycles. The zero-order valence-electron chi connectivity index (χ0n) is 12.0. The first kappa shape index (κ1) is 14.8. The monoisotopic (exact) mass is 282 g/mol. The normalized spacial score (nSPS) is 26.2. The molecular weight excluding hydrogens is 260 g/mol. The van der Waals surface area contributed by atoms with Crippen LogP contribution in [0.15, 0.2) is 11.3 Å². The van der Waals surface area contributed by atoms with Gasteiger partial charge >= 0.3 is 12.0 Å². The van der Waals surface area contributed by atoms with Gasteiger partial charge in [0.15, 0.2) is 0 Å². The molecule has 0 spiro atoms. The van der Waals surface area contributed by atoms with Crippen LogP contribution in [-0.4, -0.2) is 50.3 Å². The molecule has 0 aromatic heterocycles. The van der Waals surface area contributed by atoms with Gasteiger partial charge in [-0.25, -0.2) is 9.59 Å². The van der Waals surface area contributed by atoms with E-state index >= 15 is 0 Å². The van der Waals surface area contributed by atoms with E-state index in [2.05, 4.69) is 28.2 Å². The maximum absolute atomic E-state index is 11.9. The van der Waals surface area contributed by atoms with E-state index in [-0.39, 0.29) is 24.1 Å². The van der Waals surface area contributed by atoms with Crippen LogP contribution in [0.5, 0.6) is 0 Å². The predicted molar refractivity (Wildman–Crippen MR) is 74.1 cm³/mol. The number of hydrogen-bond donors (Lipinski definition) is 4. The van der Waals surface area contributed by atoms with E-state index in [4.69, 9.17) is 4.74 Å². The second-order valence-corrected chi connectivity index (χ2v) is 5.33.